The van der Waals surface area contributed by atoms with Crippen LogP contribution in [0.2, 0.25) is 0 Å². The molecule has 0 aliphatic rings. The molecular weight excluding hydrogens is 412 g/mol. The van der Waals surface area contributed by atoms with Gasteiger partial charge in [-0.05, 0) is 25.1 Å². The summed E-state index contributed by atoms with van der Waals surface area (Å²) in [7, 11) is 3.39. The van der Waals surface area contributed by atoms with Crippen molar-refractivity contribution in [2.24, 2.45) is 0 Å². The lowest BCUT2D eigenvalue weighted by Gasteiger charge is -2.10. The summed E-state index contributed by atoms with van der Waals surface area (Å²) in [5, 5.41) is 19.1. The van der Waals surface area contributed by atoms with Crippen LogP contribution in [0, 0.1) is 17.0 Å². The van der Waals surface area contributed by atoms with Gasteiger partial charge < -0.3 is 9.32 Å². The minimum absolute atomic E-state index is 0.0728. The van der Waals surface area contributed by atoms with E-state index in [9.17, 15) is 14.9 Å². The highest BCUT2D eigenvalue weighted by Crippen LogP contribution is 2.28. The van der Waals surface area contributed by atoms with Gasteiger partial charge in [0.05, 0.1) is 22.5 Å². The van der Waals surface area contributed by atoms with Gasteiger partial charge in [0.25, 0.3) is 17.5 Å². The lowest BCUT2D eigenvalue weighted by molar-refractivity contribution is -0.384. The van der Waals surface area contributed by atoms with Crippen molar-refractivity contribution in [1.82, 2.24) is 25.1 Å². The minimum Gasteiger partial charge on any atom is -0.415 e. The molecule has 2 aromatic heterocycles. The Kier molecular flexibility index (Phi) is 5.42. The van der Waals surface area contributed by atoms with Gasteiger partial charge in [0, 0.05) is 42.9 Å². The molecule has 0 N–H and O–H groups in total. The Bertz CT molecular complexity index is 1310. The molecule has 2 aromatic carbocycles. The second kappa shape index (κ2) is 8.34. The number of nitro benzene ring substituents is 1. The quantitative estimate of drug-likeness (QED) is 0.346. The zero-order chi connectivity index (χ0) is 22.8. The van der Waals surface area contributed by atoms with Crippen molar-refractivity contribution in [2.45, 2.75) is 6.92 Å². The SMILES string of the molecule is Cc1ncc(-c2ccc(C(=O)N(C)C)cc2)nc1-c1nnc(-c2cccc([N+](=O)[O-])c2)o1. The molecule has 1 amide bonds. The molecule has 0 spiro atoms. The molecule has 10 heteroatoms. The van der Waals surface area contributed by atoms with Gasteiger partial charge in [-0.25, -0.2) is 4.98 Å². The molecule has 0 saturated carbocycles. The second-order valence-corrected chi connectivity index (χ2v) is 7.19. The summed E-state index contributed by atoms with van der Waals surface area (Å²) >= 11 is 0. The first-order valence-corrected chi connectivity index (χ1v) is 9.58. The molecule has 2 heterocycles. The highest BCUT2D eigenvalue weighted by molar-refractivity contribution is 5.94. The molecule has 10 nitrogen and oxygen atoms in total. The summed E-state index contributed by atoms with van der Waals surface area (Å²) in [6.07, 6.45) is 1.62. The average Bonchev–Trinajstić information content (AvgIpc) is 3.29. The second-order valence-electron chi connectivity index (χ2n) is 7.19. The molecule has 0 atom stereocenters. The first kappa shape index (κ1) is 20.8. The Morgan fingerprint density at radius 1 is 1.03 bits per heavy atom. The molecular formula is C22H18N6O4. The average molecular weight is 430 g/mol. The van der Waals surface area contributed by atoms with Crippen LogP contribution in [-0.2, 0) is 0 Å². The van der Waals surface area contributed by atoms with Crippen LogP contribution in [0.25, 0.3) is 34.3 Å². The van der Waals surface area contributed by atoms with Gasteiger partial charge in [0.1, 0.15) is 5.69 Å². The molecule has 32 heavy (non-hydrogen) atoms. The number of carbonyl (C=O) groups excluding carboxylic acids is 1. The van der Waals surface area contributed by atoms with Crippen LogP contribution in [0.1, 0.15) is 16.1 Å². The van der Waals surface area contributed by atoms with Gasteiger partial charge in [0.2, 0.25) is 5.89 Å². The van der Waals surface area contributed by atoms with E-state index in [2.05, 4.69) is 20.2 Å². The van der Waals surface area contributed by atoms with E-state index in [0.29, 0.717) is 28.2 Å². The number of rotatable bonds is 5. The molecule has 0 aliphatic carbocycles. The highest BCUT2D eigenvalue weighted by Gasteiger charge is 2.18. The summed E-state index contributed by atoms with van der Waals surface area (Å²) in [5.41, 5.74) is 3.26. The van der Waals surface area contributed by atoms with Gasteiger partial charge in [0.15, 0.2) is 0 Å². The predicted molar refractivity (Wildman–Crippen MR) is 116 cm³/mol. The van der Waals surface area contributed by atoms with Crippen LogP contribution >= 0.6 is 0 Å². The largest absolute Gasteiger partial charge is 0.415 e. The molecule has 0 bridgehead atoms. The zero-order valence-corrected chi connectivity index (χ0v) is 17.5. The van der Waals surface area contributed by atoms with Crippen LogP contribution < -0.4 is 0 Å². The molecule has 4 rings (SSSR count). The van der Waals surface area contributed by atoms with Gasteiger partial charge in [-0.2, -0.15) is 0 Å². The maximum atomic E-state index is 12.1. The molecule has 0 saturated heterocycles. The first-order chi connectivity index (χ1) is 15.3. The maximum absolute atomic E-state index is 12.1. The van der Waals surface area contributed by atoms with E-state index in [0.717, 1.165) is 5.56 Å². The van der Waals surface area contributed by atoms with Gasteiger partial charge in [-0.15, -0.1) is 10.2 Å². The molecule has 0 fully saturated rings. The summed E-state index contributed by atoms with van der Waals surface area (Å²) in [6.45, 7) is 1.77. The van der Waals surface area contributed by atoms with Crippen molar-refractivity contribution in [1.29, 1.82) is 0 Å². The number of hydrogen-bond acceptors (Lipinski definition) is 8. The summed E-state index contributed by atoms with van der Waals surface area (Å²) < 4.78 is 5.74. The normalized spacial score (nSPS) is 10.7. The van der Waals surface area contributed by atoms with Crippen molar-refractivity contribution in [3.8, 4) is 34.3 Å². The van der Waals surface area contributed by atoms with E-state index >= 15 is 0 Å². The third-order valence-corrected chi connectivity index (χ3v) is 4.72. The lowest BCUT2D eigenvalue weighted by atomic mass is 10.1. The van der Waals surface area contributed by atoms with E-state index in [1.54, 1.807) is 63.6 Å². The monoisotopic (exact) mass is 430 g/mol. The number of benzene rings is 2. The molecule has 160 valence electrons. The van der Waals surface area contributed by atoms with Crippen molar-refractivity contribution in [2.75, 3.05) is 14.1 Å². The number of aryl methyl sites for hydroxylation is 1. The fourth-order valence-electron chi connectivity index (χ4n) is 3.02. The first-order valence-electron chi connectivity index (χ1n) is 9.58. The summed E-state index contributed by atoms with van der Waals surface area (Å²) in [6, 6.07) is 13.0. The van der Waals surface area contributed by atoms with Gasteiger partial charge >= 0.3 is 0 Å². The number of nitrogens with zero attached hydrogens (tertiary/aromatic N) is 6. The number of hydrogen-bond donors (Lipinski definition) is 0. The van der Waals surface area contributed by atoms with Gasteiger partial charge in [-0.1, -0.05) is 18.2 Å². The number of aromatic nitrogens is 4. The fourth-order valence-corrected chi connectivity index (χ4v) is 3.02. The number of non-ortho nitro benzene ring substituents is 1. The van der Waals surface area contributed by atoms with Crippen LogP contribution in [0.3, 0.4) is 0 Å². The van der Waals surface area contributed by atoms with Crippen molar-refractivity contribution in [3.05, 3.63) is 76.1 Å². The van der Waals surface area contributed by atoms with E-state index in [1.165, 1.54) is 17.0 Å². The van der Waals surface area contributed by atoms with Crippen LogP contribution in [0.4, 0.5) is 5.69 Å². The standard InChI is InChI=1S/C22H18N6O4/c1-13-19(21-26-25-20(32-21)16-5-4-6-17(11-16)28(30)31)24-18(12-23-13)14-7-9-15(10-8-14)22(29)27(2)3/h4-12H,1-3H3. The molecule has 0 unspecified atom stereocenters. The Balaban J connectivity index is 1.66. The number of carbonyl (C=O) groups is 1. The van der Waals surface area contributed by atoms with Crippen LogP contribution in [-0.4, -0.2) is 50.0 Å². The van der Waals surface area contributed by atoms with E-state index in [1.807, 2.05) is 0 Å². The van der Waals surface area contributed by atoms with E-state index < -0.39 is 4.92 Å². The third kappa shape index (κ3) is 4.06. The minimum atomic E-state index is -0.489. The Morgan fingerprint density at radius 2 is 1.75 bits per heavy atom. The third-order valence-electron chi connectivity index (χ3n) is 4.72. The summed E-state index contributed by atoms with van der Waals surface area (Å²) in [5.74, 6) is 0.200. The van der Waals surface area contributed by atoms with E-state index in [4.69, 9.17) is 4.42 Å². The highest BCUT2D eigenvalue weighted by atomic mass is 16.6. The van der Waals surface area contributed by atoms with Crippen LogP contribution in [0.5, 0.6) is 0 Å². The van der Waals surface area contributed by atoms with Crippen molar-refractivity contribution in [3.63, 3.8) is 0 Å². The molecule has 0 aliphatic heterocycles. The summed E-state index contributed by atoms with van der Waals surface area (Å²) in [4.78, 5) is 33.1. The fraction of sp³-hybridized carbons (Fsp3) is 0.136. The zero-order valence-electron chi connectivity index (χ0n) is 17.5. The Morgan fingerprint density at radius 3 is 2.44 bits per heavy atom. The number of nitro groups is 1. The Labute approximate surface area is 182 Å². The Hall–Kier alpha value is -4.47. The molecule has 0 radical (unpaired) electrons. The predicted octanol–water partition coefficient (Wildman–Crippen LogP) is 3.78. The van der Waals surface area contributed by atoms with Crippen molar-refractivity contribution >= 4 is 11.6 Å². The maximum Gasteiger partial charge on any atom is 0.270 e. The molecule has 4 aromatic rings. The van der Waals surface area contributed by atoms with E-state index in [-0.39, 0.29) is 23.4 Å². The van der Waals surface area contributed by atoms with Crippen molar-refractivity contribution < 1.29 is 14.1 Å². The topological polar surface area (TPSA) is 128 Å². The lowest BCUT2D eigenvalue weighted by Crippen LogP contribution is -2.21. The number of amides is 1. The smallest absolute Gasteiger partial charge is 0.270 e. The van der Waals surface area contributed by atoms with Crippen LogP contribution in [0.15, 0.2) is 59.1 Å². The van der Waals surface area contributed by atoms with Gasteiger partial charge in [-0.3, -0.25) is 19.9 Å².